The lowest BCUT2D eigenvalue weighted by Crippen LogP contribution is -2.38. The second-order valence-corrected chi connectivity index (χ2v) is 11.4. The van der Waals surface area contributed by atoms with Crippen molar-refractivity contribution < 1.29 is 19.1 Å². The molecule has 2 amide bonds. The Balaban J connectivity index is 4.43. The molecule has 208 valence electrons. The predicted molar refractivity (Wildman–Crippen MR) is 145 cm³/mol. The summed E-state index contributed by atoms with van der Waals surface area (Å²) in [6, 6.07) is 0. The molecule has 0 fully saturated rings. The molecule has 0 saturated heterocycles. The first-order valence-corrected chi connectivity index (χ1v) is 13.8. The SMILES string of the molecule is CC(C)(C)OC(=O)N(CCCCCN)CCCCCCCN(CCCCCN)C(=O)OC(C)(C)C. The van der Waals surface area contributed by atoms with Gasteiger partial charge in [-0.3, -0.25) is 0 Å². The molecule has 0 spiro atoms. The maximum absolute atomic E-state index is 12.6. The Labute approximate surface area is 215 Å². The Morgan fingerprint density at radius 2 is 0.771 bits per heavy atom. The molecule has 0 rings (SSSR count). The van der Waals surface area contributed by atoms with Gasteiger partial charge in [0, 0.05) is 26.2 Å². The minimum absolute atomic E-state index is 0.229. The van der Waals surface area contributed by atoms with E-state index in [1.54, 1.807) is 0 Å². The summed E-state index contributed by atoms with van der Waals surface area (Å²) < 4.78 is 11.2. The molecule has 0 radical (unpaired) electrons. The molecule has 8 nitrogen and oxygen atoms in total. The number of ether oxygens (including phenoxy) is 2. The van der Waals surface area contributed by atoms with Crippen LogP contribution in [0.5, 0.6) is 0 Å². The number of hydrogen-bond acceptors (Lipinski definition) is 6. The first-order valence-electron chi connectivity index (χ1n) is 13.8. The minimum Gasteiger partial charge on any atom is -0.444 e. The van der Waals surface area contributed by atoms with E-state index >= 15 is 0 Å². The fraction of sp³-hybridized carbons (Fsp3) is 0.926. The highest BCUT2D eigenvalue weighted by Gasteiger charge is 2.22. The van der Waals surface area contributed by atoms with Gasteiger partial charge in [-0.1, -0.05) is 32.1 Å². The monoisotopic (exact) mass is 500 g/mol. The van der Waals surface area contributed by atoms with Gasteiger partial charge >= 0.3 is 12.2 Å². The lowest BCUT2D eigenvalue weighted by Gasteiger charge is -2.28. The Morgan fingerprint density at radius 3 is 1.03 bits per heavy atom. The van der Waals surface area contributed by atoms with E-state index in [1.807, 2.05) is 51.3 Å². The van der Waals surface area contributed by atoms with E-state index in [-0.39, 0.29) is 12.2 Å². The van der Waals surface area contributed by atoms with Crippen molar-refractivity contribution in [1.82, 2.24) is 9.80 Å². The summed E-state index contributed by atoms with van der Waals surface area (Å²) in [5, 5.41) is 0. The second-order valence-electron chi connectivity index (χ2n) is 11.4. The van der Waals surface area contributed by atoms with Crippen LogP contribution in [-0.2, 0) is 9.47 Å². The van der Waals surface area contributed by atoms with Crippen molar-refractivity contribution >= 4 is 12.2 Å². The van der Waals surface area contributed by atoms with Gasteiger partial charge in [-0.15, -0.1) is 0 Å². The van der Waals surface area contributed by atoms with Crippen LogP contribution in [-0.4, -0.2) is 72.5 Å². The highest BCUT2D eigenvalue weighted by atomic mass is 16.6. The van der Waals surface area contributed by atoms with Gasteiger partial charge in [-0.05, 0) is 93.2 Å². The molecular weight excluding hydrogens is 444 g/mol. The van der Waals surface area contributed by atoms with Crippen molar-refractivity contribution in [2.45, 2.75) is 123 Å². The maximum atomic E-state index is 12.6. The normalized spacial score (nSPS) is 11.9. The van der Waals surface area contributed by atoms with Crippen LogP contribution in [0.4, 0.5) is 9.59 Å². The number of unbranched alkanes of at least 4 members (excludes halogenated alkanes) is 8. The van der Waals surface area contributed by atoms with Crippen molar-refractivity contribution in [2.75, 3.05) is 39.3 Å². The average molecular weight is 501 g/mol. The number of rotatable bonds is 18. The lowest BCUT2D eigenvalue weighted by atomic mass is 10.1. The van der Waals surface area contributed by atoms with Crippen molar-refractivity contribution in [3.8, 4) is 0 Å². The largest absolute Gasteiger partial charge is 0.444 e. The molecule has 35 heavy (non-hydrogen) atoms. The van der Waals surface area contributed by atoms with Crippen LogP contribution >= 0.6 is 0 Å². The van der Waals surface area contributed by atoms with Crippen molar-refractivity contribution in [2.24, 2.45) is 11.5 Å². The summed E-state index contributed by atoms with van der Waals surface area (Å²) >= 11 is 0. The van der Waals surface area contributed by atoms with Gasteiger partial charge in [0.25, 0.3) is 0 Å². The van der Waals surface area contributed by atoms with Gasteiger partial charge in [0.2, 0.25) is 0 Å². The zero-order chi connectivity index (χ0) is 26.7. The van der Waals surface area contributed by atoms with Crippen LogP contribution in [0.3, 0.4) is 0 Å². The molecule has 0 aromatic carbocycles. The summed E-state index contributed by atoms with van der Waals surface area (Å²) in [6.45, 7) is 15.6. The third kappa shape index (κ3) is 20.4. The standard InChI is InChI=1S/C27H56N4O4/c1-26(2,3)34-24(32)30(22-16-10-12-18-28)20-14-8-7-9-15-21-31(23-17-11-13-19-29)25(33)35-27(4,5)6/h7-23,28-29H2,1-6H3. The number of amides is 2. The number of hydrogen-bond donors (Lipinski definition) is 2. The fourth-order valence-corrected chi connectivity index (χ4v) is 3.62. The number of carbonyl (C=O) groups is 2. The van der Waals surface area contributed by atoms with E-state index in [9.17, 15) is 9.59 Å². The summed E-state index contributed by atoms with van der Waals surface area (Å²) in [5.74, 6) is 0. The Kier molecular flexibility index (Phi) is 17.9. The van der Waals surface area contributed by atoms with Crippen LogP contribution in [0.2, 0.25) is 0 Å². The first kappa shape index (κ1) is 33.5. The van der Waals surface area contributed by atoms with Gasteiger partial charge in [0.1, 0.15) is 11.2 Å². The second kappa shape index (κ2) is 18.7. The zero-order valence-electron chi connectivity index (χ0n) is 23.7. The van der Waals surface area contributed by atoms with E-state index in [0.717, 1.165) is 70.6 Å². The smallest absolute Gasteiger partial charge is 0.410 e. The molecule has 0 bridgehead atoms. The summed E-state index contributed by atoms with van der Waals surface area (Å²) in [6.07, 6.45) is 10.5. The van der Waals surface area contributed by atoms with Gasteiger partial charge in [-0.2, -0.15) is 0 Å². The highest BCUT2D eigenvalue weighted by Crippen LogP contribution is 2.14. The van der Waals surface area contributed by atoms with Crippen molar-refractivity contribution in [3.63, 3.8) is 0 Å². The average Bonchev–Trinajstić information content (AvgIpc) is 2.73. The van der Waals surface area contributed by atoms with E-state index in [0.29, 0.717) is 39.3 Å². The van der Waals surface area contributed by atoms with Crippen molar-refractivity contribution in [1.29, 1.82) is 0 Å². The van der Waals surface area contributed by atoms with E-state index in [1.165, 1.54) is 0 Å². The molecule has 0 aliphatic carbocycles. The van der Waals surface area contributed by atoms with Crippen LogP contribution in [0.1, 0.15) is 112 Å². The van der Waals surface area contributed by atoms with Crippen LogP contribution < -0.4 is 11.5 Å². The first-order chi connectivity index (χ1) is 16.4. The molecule has 0 unspecified atom stereocenters. The molecule has 0 atom stereocenters. The topological polar surface area (TPSA) is 111 Å². The number of carbonyl (C=O) groups excluding carboxylic acids is 2. The minimum atomic E-state index is -0.489. The molecular formula is C27H56N4O4. The quantitative estimate of drug-likeness (QED) is 0.235. The van der Waals surface area contributed by atoms with Gasteiger partial charge in [0.05, 0.1) is 0 Å². The lowest BCUT2D eigenvalue weighted by molar-refractivity contribution is 0.0236. The van der Waals surface area contributed by atoms with Gasteiger partial charge in [-0.25, -0.2) is 9.59 Å². The molecule has 0 aromatic rings. The fourth-order valence-electron chi connectivity index (χ4n) is 3.62. The van der Waals surface area contributed by atoms with E-state index in [4.69, 9.17) is 20.9 Å². The van der Waals surface area contributed by atoms with Crippen LogP contribution in [0.25, 0.3) is 0 Å². The third-order valence-electron chi connectivity index (χ3n) is 5.42. The molecule has 0 aliphatic heterocycles. The molecule has 0 heterocycles. The van der Waals surface area contributed by atoms with Crippen molar-refractivity contribution in [3.05, 3.63) is 0 Å². The predicted octanol–water partition coefficient (Wildman–Crippen LogP) is 5.67. The van der Waals surface area contributed by atoms with Gasteiger partial charge < -0.3 is 30.7 Å². The highest BCUT2D eigenvalue weighted by molar-refractivity contribution is 5.68. The van der Waals surface area contributed by atoms with E-state index in [2.05, 4.69) is 0 Å². The van der Waals surface area contributed by atoms with Crippen LogP contribution in [0.15, 0.2) is 0 Å². The maximum Gasteiger partial charge on any atom is 0.410 e. The Bertz CT molecular complexity index is 510. The van der Waals surface area contributed by atoms with Gasteiger partial charge in [0.15, 0.2) is 0 Å². The molecule has 0 aliphatic rings. The number of nitrogens with zero attached hydrogens (tertiary/aromatic N) is 2. The van der Waals surface area contributed by atoms with E-state index < -0.39 is 11.2 Å². The zero-order valence-corrected chi connectivity index (χ0v) is 23.7. The molecule has 8 heteroatoms. The Morgan fingerprint density at radius 1 is 0.514 bits per heavy atom. The summed E-state index contributed by atoms with van der Waals surface area (Å²) in [4.78, 5) is 28.8. The molecule has 0 saturated carbocycles. The summed E-state index contributed by atoms with van der Waals surface area (Å²) in [7, 11) is 0. The number of nitrogens with two attached hydrogens (primary N) is 2. The molecule has 0 aromatic heterocycles. The summed E-state index contributed by atoms with van der Waals surface area (Å²) in [5.41, 5.74) is 10.2. The Hall–Kier alpha value is -1.54. The van der Waals surface area contributed by atoms with Crippen LogP contribution in [0, 0.1) is 0 Å². The third-order valence-corrected chi connectivity index (χ3v) is 5.42. The molecule has 4 N–H and O–H groups in total.